The normalized spacial score (nSPS) is 17.7. The van der Waals surface area contributed by atoms with Gasteiger partial charge in [0.15, 0.2) is 16.7 Å². The maximum Gasteiger partial charge on any atom is 0.172 e. The quantitative estimate of drug-likeness (QED) is 0.0676. The molecule has 0 spiro atoms. The zero-order valence-electron chi connectivity index (χ0n) is 58.9. The lowest BCUT2D eigenvalue weighted by Crippen LogP contribution is -2.33. The topological polar surface area (TPSA) is 182 Å². The van der Waals surface area contributed by atoms with Crippen molar-refractivity contribution in [2.24, 2.45) is 17.8 Å². The van der Waals surface area contributed by atoms with E-state index < -0.39 is 0 Å². The summed E-state index contributed by atoms with van der Waals surface area (Å²) < 4.78 is 34.4. The van der Waals surface area contributed by atoms with Crippen molar-refractivity contribution in [2.45, 2.75) is 129 Å². The van der Waals surface area contributed by atoms with E-state index in [0.717, 1.165) is 205 Å². The van der Waals surface area contributed by atoms with Crippen LogP contribution in [-0.2, 0) is 66.2 Å². The van der Waals surface area contributed by atoms with Crippen molar-refractivity contribution < 1.29 is 27.8 Å². The monoisotopic (exact) mass is 1420 g/mol. The van der Waals surface area contributed by atoms with Crippen LogP contribution in [0.5, 0.6) is 0 Å². The van der Waals surface area contributed by atoms with Crippen molar-refractivity contribution in [1.29, 1.82) is 10.5 Å². The standard InChI is InChI=1S/2C28H34N4O2S.C22H31N3O2.2ClH/c2*1-31(2)19-26-24(21-11-15-33-16-12-21)6-7-25-27(30-34-28(25)26)8-3-20-9-13-32(14-10-20)18-23-5-4-22(17-29)35-23;1-25(2)15-20-18(17-9-13-26-14-10-17)4-5-19-21(24-27-22(19)20)6-3-16-7-11-23-12-8-16;;/h2*4-7,11,20H,3,8-10,12-16,18-19H2,1-2H3;4-5,9,16,23H,3,6-8,10-15H2,1-2H3;2*1H. The Morgan fingerprint density at radius 2 is 0.798 bits per heavy atom. The van der Waals surface area contributed by atoms with E-state index >= 15 is 0 Å². The third kappa shape index (κ3) is 20.0. The van der Waals surface area contributed by atoms with Crippen molar-refractivity contribution in [3.05, 3.63) is 149 Å². The minimum atomic E-state index is 0. The van der Waals surface area contributed by atoms with E-state index in [0.29, 0.717) is 19.8 Å². The summed E-state index contributed by atoms with van der Waals surface area (Å²) in [5.74, 6) is 2.26. The number of ether oxygens (including phenoxy) is 3. The number of likely N-dealkylation sites (tertiary alicyclic amines) is 2. The predicted molar refractivity (Wildman–Crippen MR) is 404 cm³/mol. The van der Waals surface area contributed by atoms with Crippen LogP contribution in [0.15, 0.2) is 92.5 Å². The maximum absolute atomic E-state index is 9.05. The predicted octanol–water partition coefficient (Wildman–Crippen LogP) is 15.4. The Kier molecular flexibility index (Phi) is 28.4. The molecular formula is C78H101Cl2N11O6S2. The smallest absolute Gasteiger partial charge is 0.172 e. The summed E-state index contributed by atoms with van der Waals surface area (Å²) in [5, 5.41) is 38.6. The molecule has 14 rings (SSSR count). The molecule has 11 heterocycles. The molecule has 0 amide bonds. The summed E-state index contributed by atoms with van der Waals surface area (Å²) in [5.41, 5.74) is 17.8. The number of hydrogen-bond donors (Lipinski definition) is 1. The number of piperidine rings is 3. The number of hydrogen-bond acceptors (Lipinski definition) is 19. The molecule has 1 N–H and O–H groups in total. The van der Waals surface area contributed by atoms with E-state index in [2.05, 4.69) is 166 Å². The number of thiophene rings is 2. The van der Waals surface area contributed by atoms with Crippen molar-refractivity contribution in [1.82, 2.24) is 45.3 Å². The third-order valence-corrected chi connectivity index (χ3v) is 22.3. The van der Waals surface area contributed by atoms with E-state index in [1.165, 1.54) is 121 Å². The molecule has 5 aromatic heterocycles. The van der Waals surface area contributed by atoms with Crippen LogP contribution in [0.4, 0.5) is 0 Å². The van der Waals surface area contributed by atoms with Gasteiger partial charge in [-0.1, -0.05) is 51.9 Å². The molecule has 0 bridgehead atoms. The number of benzene rings is 3. The molecule has 0 atom stereocenters. The summed E-state index contributed by atoms with van der Waals surface area (Å²) in [6.45, 7) is 15.7. The first-order chi connectivity index (χ1) is 47.4. The van der Waals surface area contributed by atoms with Crippen molar-refractivity contribution in [3.8, 4) is 12.1 Å². The third-order valence-electron chi connectivity index (χ3n) is 20.4. The van der Waals surface area contributed by atoms with E-state index in [4.69, 9.17) is 38.3 Å². The van der Waals surface area contributed by atoms with Gasteiger partial charge in [0, 0.05) is 75.3 Å². The number of halogens is 2. The van der Waals surface area contributed by atoms with Crippen LogP contribution >= 0.6 is 47.5 Å². The molecule has 17 nitrogen and oxygen atoms in total. The molecule has 0 aliphatic carbocycles. The summed E-state index contributed by atoms with van der Waals surface area (Å²) >= 11 is 3.23. The molecule has 3 aromatic carbocycles. The molecule has 8 aromatic rings. The van der Waals surface area contributed by atoms with Gasteiger partial charge in [0.1, 0.15) is 21.9 Å². The fourth-order valence-corrected chi connectivity index (χ4v) is 16.7. The lowest BCUT2D eigenvalue weighted by Gasteiger charge is -2.31. The van der Waals surface area contributed by atoms with Gasteiger partial charge in [0.05, 0.1) is 56.7 Å². The molecule has 0 saturated carbocycles. The number of nitrogens with one attached hydrogen (secondary N) is 1. The zero-order chi connectivity index (χ0) is 67.0. The van der Waals surface area contributed by atoms with Crippen LogP contribution in [0.3, 0.4) is 0 Å². The highest BCUT2D eigenvalue weighted by molar-refractivity contribution is 7.12. The fraction of sp³-hybridized carbons (Fsp3) is 0.526. The first-order valence-electron chi connectivity index (χ1n) is 35.5. The van der Waals surface area contributed by atoms with Crippen molar-refractivity contribution in [2.75, 3.05) is 121 Å². The lowest BCUT2D eigenvalue weighted by atomic mass is 9.90. The van der Waals surface area contributed by atoms with E-state index in [9.17, 15) is 0 Å². The minimum Gasteiger partial charge on any atom is -0.377 e. The first-order valence-corrected chi connectivity index (χ1v) is 37.2. The molecule has 530 valence electrons. The number of nitriles is 2. The Balaban J connectivity index is 0.000000161. The molecule has 3 saturated heterocycles. The highest BCUT2D eigenvalue weighted by Gasteiger charge is 2.27. The average molecular weight is 1420 g/mol. The molecule has 0 radical (unpaired) electrons. The van der Waals surface area contributed by atoms with Gasteiger partial charge in [-0.25, -0.2) is 0 Å². The Hall–Kier alpha value is -6.11. The Labute approximate surface area is 605 Å². The summed E-state index contributed by atoms with van der Waals surface area (Å²) in [6.07, 6.45) is 23.3. The van der Waals surface area contributed by atoms with Gasteiger partial charge in [-0.05, 0) is 271 Å². The van der Waals surface area contributed by atoms with Crippen LogP contribution in [0, 0.1) is 40.4 Å². The van der Waals surface area contributed by atoms with Crippen molar-refractivity contribution in [3.63, 3.8) is 0 Å². The van der Waals surface area contributed by atoms with Gasteiger partial charge in [-0.2, -0.15) is 10.5 Å². The van der Waals surface area contributed by atoms with Crippen molar-refractivity contribution >= 4 is 97.1 Å². The average Bonchev–Trinajstić information content (AvgIpc) is 1.72. The second-order valence-corrected chi connectivity index (χ2v) is 30.5. The number of rotatable bonds is 22. The Morgan fingerprint density at radius 1 is 0.465 bits per heavy atom. The van der Waals surface area contributed by atoms with Crippen LogP contribution in [0.1, 0.15) is 147 Å². The molecule has 21 heteroatoms. The molecule has 6 aliphatic rings. The number of aromatic nitrogens is 3. The largest absolute Gasteiger partial charge is 0.377 e. The summed E-state index contributed by atoms with van der Waals surface area (Å²) in [7, 11) is 12.6. The highest BCUT2D eigenvalue weighted by Crippen LogP contribution is 2.38. The van der Waals surface area contributed by atoms with Crippen LogP contribution in [-0.4, -0.2) is 161 Å². The van der Waals surface area contributed by atoms with Gasteiger partial charge in [-0.15, -0.1) is 47.5 Å². The van der Waals surface area contributed by atoms with Gasteiger partial charge in [0.25, 0.3) is 0 Å². The van der Waals surface area contributed by atoms with Gasteiger partial charge < -0.3 is 47.8 Å². The summed E-state index contributed by atoms with van der Waals surface area (Å²) in [6, 6.07) is 26.0. The molecule has 99 heavy (non-hydrogen) atoms. The van der Waals surface area contributed by atoms with E-state index in [1.807, 2.05) is 12.1 Å². The van der Waals surface area contributed by atoms with Crippen LogP contribution in [0.25, 0.3) is 49.6 Å². The molecule has 0 unspecified atom stereocenters. The second kappa shape index (κ2) is 37.2. The van der Waals surface area contributed by atoms with Crippen LogP contribution in [0.2, 0.25) is 0 Å². The number of nitrogens with zero attached hydrogens (tertiary/aromatic N) is 10. The van der Waals surface area contributed by atoms with E-state index in [-0.39, 0.29) is 24.8 Å². The fourth-order valence-electron chi connectivity index (χ4n) is 15.1. The first kappa shape index (κ1) is 75.6. The van der Waals surface area contributed by atoms with Gasteiger partial charge >= 0.3 is 0 Å². The Bertz CT molecular complexity index is 3900. The summed E-state index contributed by atoms with van der Waals surface area (Å²) in [4.78, 5) is 15.8. The zero-order valence-corrected chi connectivity index (χ0v) is 62.2. The number of fused-ring (bicyclic) bond motifs is 3. The second-order valence-electron chi connectivity index (χ2n) is 28.2. The number of aryl methyl sites for hydroxylation is 3. The lowest BCUT2D eigenvalue weighted by molar-refractivity contribution is 0.161. The van der Waals surface area contributed by atoms with Gasteiger partial charge in [0.2, 0.25) is 0 Å². The molecule has 6 aliphatic heterocycles. The molecular weight excluding hydrogens is 1320 g/mol. The highest BCUT2D eigenvalue weighted by atomic mass is 35.5. The molecule has 3 fully saturated rings. The minimum absolute atomic E-state index is 0. The Morgan fingerprint density at radius 3 is 1.09 bits per heavy atom. The van der Waals surface area contributed by atoms with Crippen LogP contribution < -0.4 is 5.32 Å². The maximum atomic E-state index is 9.05. The van der Waals surface area contributed by atoms with Gasteiger partial charge in [-0.3, -0.25) is 9.80 Å². The SMILES string of the molecule is CN(C)Cc1c(C2=CCOCC2)ccc2c(CCC3CCN(Cc4ccc(C#N)s4)CC3)noc12.CN(C)Cc1c(C2=CCOCC2)ccc2c(CCC3CCN(Cc4ccc(C#N)s4)CC3)noc12.CN(C)Cc1c(C2=CCOCC2)ccc2c(CCC3CCNCC3)noc12.Cl.Cl. The van der Waals surface area contributed by atoms with E-state index in [1.54, 1.807) is 22.7 Å².